The van der Waals surface area contributed by atoms with Crippen LogP contribution in [0.15, 0.2) is 18.2 Å². The molecule has 1 unspecified atom stereocenters. The monoisotopic (exact) mass is 299 g/mol. The fraction of sp³-hybridized carbons (Fsp3) is 0.533. The Bertz CT molecular complexity index is 503. The van der Waals surface area contributed by atoms with Crippen LogP contribution in [0.2, 0.25) is 5.02 Å². The summed E-state index contributed by atoms with van der Waals surface area (Å²) < 4.78 is 18.7. The number of ether oxygens (including phenoxy) is 1. The van der Waals surface area contributed by atoms with Gasteiger partial charge in [0.2, 0.25) is 0 Å². The summed E-state index contributed by atoms with van der Waals surface area (Å²) in [6.45, 7) is 6.47. The number of Topliss-reactive ketones (excluding diaryl/α,β-unsaturated/α-hetero) is 1. The summed E-state index contributed by atoms with van der Waals surface area (Å²) in [5, 5.41) is 0.296. The van der Waals surface area contributed by atoms with Crippen LogP contribution in [-0.2, 0) is 4.74 Å². The lowest BCUT2D eigenvalue weighted by molar-refractivity contribution is -0.0106. The molecule has 20 heavy (non-hydrogen) atoms. The van der Waals surface area contributed by atoms with E-state index in [0.717, 1.165) is 0 Å². The third-order valence-electron chi connectivity index (χ3n) is 4.06. The highest BCUT2D eigenvalue weighted by Crippen LogP contribution is 2.29. The van der Waals surface area contributed by atoms with Gasteiger partial charge in [0, 0.05) is 18.7 Å². The highest BCUT2D eigenvalue weighted by molar-refractivity contribution is 6.34. The Morgan fingerprint density at radius 3 is 2.70 bits per heavy atom. The zero-order valence-electron chi connectivity index (χ0n) is 11.8. The standard InChI is InChI=1S/C15H19ClFNO2/c1-3-15(2,18-6-8-20-9-7-18)14(19)12-10-11(17)4-5-13(12)16/h4-5,10H,3,6-9H2,1-2H3. The second-order valence-corrected chi connectivity index (χ2v) is 5.59. The second kappa shape index (κ2) is 6.20. The van der Waals surface area contributed by atoms with Gasteiger partial charge < -0.3 is 4.74 Å². The van der Waals surface area contributed by atoms with E-state index in [-0.39, 0.29) is 11.3 Å². The molecule has 1 saturated heterocycles. The van der Waals surface area contributed by atoms with Crippen LogP contribution in [0.5, 0.6) is 0 Å². The van der Waals surface area contributed by atoms with Crippen molar-refractivity contribution in [1.82, 2.24) is 4.90 Å². The van der Waals surface area contributed by atoms with Gasteiger partial charge in [-0.2, -0.15) is 0 Å². The Kier molecular flexibility index (Phi) is 4.78. The van der Waals surface area contributed by atoms with Crippen molar-refractivity contribution in [2.24, 2.45) is 0 Å². The molecule has 1 heterocycles. The van der Waals surface area contributed by atoms with Crippen LogP contribution in [0.1, 0.15) is 30.6 Å². The highest BCUT2D eigenvalue weighted by atomic mass is 35.5. The molecule has 2 rings (SSSR count). The fourth-order valence-corrected chi connectivity index (χ4v) is 2.75. The minimum absolute atomic E-state index is 0.133. The molecule has 0 aromatic heterocycles. The first kappa shape index (κ1) is 15.4. The summed E-state index contributed by atoms with van der Waals surface area (Å²) in [5.74, 6) is -0.579. The first-order valence-electron chi connectivity index (χ1n) is 6.81. The van der Waals surface area contributed by atoms with Crippen LogP contribution >= 0.6 is 11.6 Å². The lowest BCUT2D eigenvalue weighted by Crippen LogP contribution is -2.56. The molecule has 0 bridgehead atoms. The SMILES string of the molecule is CCC(C)(C(=O)c1cc(F)ccc1Cl)N1CCOCC1. The molecule has 0 N–H and O–H groups in total. The number of hydrogen-bond acceptors (Lipinski definition) is 3. The van der Waals surface area contributed by atoms with Gasteiger partial charge in [-0.05, 0) is 31.5 Å². The van der Waals surface area contributed by atoms with E-state index in [1.165, 1.54) is 18.2 Å². The van der Waals surface area contributed by atoms with Crippen molar-refractivity contribution >= 4 is 17.4 Å². The molecule has 1 aliphatic rings. The van der Waals surface area contributed by atoms with Crippen molar-refractivity contribution in [3.8, 4) is 0 Å². The molecule has 1 aliphatic heterocycles. The van der Waals surface area contributed by atoms with Crippen molar-refractivity contribution < 1.29 is 13.9 Å². The minimum Gasteiger partial charge on any atom is -0.379 e. The van der Waals surface area contributed by atoms with E-state index >= 15 is 0 Å². The fourth-order valence-electron chi connectivity index (χ4n) is 2.55. The summed E-state index contributed by atoms with van der Waals surface area (Å²) in [4.78, 5) is 14.9. The maximum Gasteiger partial charge on any atom is 0.184 e. The highest BCUT2D eigenvalue weighted by Gasteiger charge is 2.39. The number of nitrogens with zero attached hydrogens (tertiary/aromatic N) is 1. The molecule has 110 valence electrons. The molecule has 5 heteroatoms. The molecular weight excluding hydrogens is 281 g/mol. The van der Waals surface area contributed by atoms with Gasteiger partial charge >= 0.3 is 0 Å². The normalized spacial score (nSPS) is 19.6. The average Bonchev–Trinajstić information content (AvgIpc) is 2.49. The zero-order valence-corrected chi connectivity index (χ0v) is 12.5. The Morgan fingerprint density at radius 2 is 2.10 bits per heavy atom. The number of halogens is 2. The summed E-state index contributed by atoms with van der Waals surface area (Å²) in [6.07, 6.45) is 0.638. The minimum atomic E-state index is -0.679. The average molecular weight is 300 g/mol. The van der Waals surface area contributed by atoms with Crippen molar-refractivity contribution in [2.45, 2.75) is 25.8 Å². The van der Waals surface area contributed by atoms with Crippen LogP contribution in [0.4, 0.5) is 4.39 Å². The Labute approximate surface area is 123 Å². The van der Waals surface area contributed by atoms with Gasteiger partial charge in [-0.15, -0.1) is 0 Å². The van der Waals surface area contributed by atoms with Crippen molar-refractivity contribution in [1.29, 1.82) is 0 Å². The molecule has 0 aliphatic carbocycles. The molecule has 1 aromatic carbocycles. The first-order chi connectivity index (χ1) is 9.49. The van der Waals surface area contributed by atoms with Gasteiger partial charge in [-0.1, -0.05) is 18.5 Å². The van der Waals surface area contributed by atoms with Crippen LogP contribution in [-0.4, -0.2) is 42.5 Å². The van der Waals surface area contributed by atoms with E-state index in [2.05, 4.69) is 4.90 Å². The topological polar surface area (TPSA) is 29.5 Å². The van der Waals surface area contributed by atoms with Gasteiger partial charge in [0.25, 0.3) is 0 Å². The van der Waals surface area contributed by atoms with Crippen LogP contribution < -0.4 is 0 Å². The van der Waals surface area contributed by atoms with Crippen LogP contribution in [0, 0.1) is 5.82 Å². The predicted octanol–water partition coefficient (Wildman–Crippen LogP) is 3.16. The second-order valence-electron chi connectivity index (χ2n) is 5.18. The van der Waals surface area contributed by atoms with Crippen LogP contribution in [0.25, 0.3) is 0 Å². The van der Waals surface area contributed by atoms with E-state index in [0.29, 0.717) is 37.7 Å². The van der Waals surface area contributed by atoms with E-state index in [4.69, 9.17) is 16.3 Å². The third-order valence-corrected chi connectivity index (χ3v) is 4.39. The van der Waals surface area contributed by atoms with Gasteiger partial charge in [-0.25, -0.2) is 4.39 Å². The van der Waals surface area contributed by atoms with E-state index in [1.54, 1.807) is 0 Å². The smallest absolute Gasteiger partial charge is 0.184 e. The molecule has 1 aromatic rings. The molecule has 1 atom stereocenters. The molecule has 1 fully saturated rings. The molecular formula is C15H19ClFNO2. The summed E-state index contributed by atoms with van der Waals surface area (Å²) in [6, 6.07) is 3.91. The predicted molar refractivity (Wildman–Crippen MR) is 76.8 cm³/mol. The number of ketones is 1. The van der Waals surface area contributed by atoms with E-state index < -0.39 is 11.4 Å². The maximum absolute atomic E-state index is 13.4. The number of carbonyl (C=O) groups is 1. The van der Waals surface area contributed by atoms with E-state index in [1.807, 2.05) is 13.8 Å². The molecule has 0 radical (unpaired) electrons. The summed E-state index contributed by atoms with van der Waals surface area (Å²) >= 11 is 6.06. The van der Waals surface area contributed by atoms with Crippen molar-refractivity contribution in [3.63, 3.8) is 0 Å². The summed E-state index contributed by atoms with van der Waals surface area (Å²) in [7, 11) is 0. The summed E-state index contributed by atoms with van der Waals surface area (Å²) in [5.41, 5.74) is -0.427. The Balaban J connectivity index is 2.34. The Hall–Kier alpha value is -0.970. The van der Waals surface area contributed by atoms with Crippen LogP contribution in [0.3, 0.4) is 0 Å². The van der Waals surface area contributed by atoms with E-state index in [9.17, 15) is 9.18 Å². The molecule has 0 spiro atoms. The van der Waals surface area contributed by atoms with Crippen molar-refractivity contribution in [3.05, 3.63) is 34.6 Å². The first-order valence-corrected chi connectivity index (χ1v) is 7.19. The number of rotatable bonds is 4. The Morgan fingerprint density at radius 1 is 1.45 bits per heavy atom. The third kappa shape index (κ3) is 2.87. The lowest BCUT2D eigenvalue weighted by Gasteiger charge is -2.41. The van der Waals surface area contributed by atoms with Crippen molar-refractivity contribution in [2.75, 3.05) is 26.3 Å². The van der Waals surface area contributed by atoms with Gasteiger partial charge in [0.15, 0.2) is 5.78 Å². The van der Waals surface area contributed by atoms with Gasteiger partial charge in [0.1, 0.15) is 5.82 Å². The molecule has 0 saturated carbocycles. The van der Waals surface area contributed by atoms with Gasteiger partial charge in [-0.3, -0.25) is 9.69 Å². The van der Waals surface area contributed by atoms with Gasteiger partial charge in [0.05, 0.1) is 23.8 Å². The molecule has 0 amide bonds. The number of morpholine rings is 1. The lowest BCUT2D eigenvalue weighted by atomic mass is 9.86. The molecule has 3 nitrogen and oxygen atoms in total. The number of benzene rings is 1. The maximum atomic E-state index is 13.4. The largest absolute Gasteiger partial charge is 0.379 e. The zero-order chi connectivity index (χ0) is 14.8. The number of hydrogen-bond donors (Lipinski definition) is 0. The quantitative estimate of drug-likeness (QED) is 0.800. The number of carbonyl (C=O) groups excluding carboxylic acids is 1.